The molecule has 0 spiro atoms. The molecule has 0 heterocycles. The van der Waals surface area contributed by atoms with Crippen molar-refractivity contribution < 1.29 is 23.2 Å². The Balaban J connectivity index is 1.88. The predicted octanol–water partition coefficient (Wildman–Crippen LogP) is 3.68. The van der Waals surface area contributed by atoms with Crippen LogP contribution in [0.3, 0.4) is 0 Å². The first kappa shape index (κ1) is 16.3. The maximum atomic E-state index is 12.8. The average molecular weight is 338 g/mol. The quantitative estimate of drug-likeness (QED) is 0.661. The summed E-state index contributed by atoms with van der Waals surface area (Å²) >= 11 is 0. The summed E-state index contributed by atoms with van der Waals surface area (Å²) in [7, 11) is 0. The van der Waals surface area contributed by atoms with Crippen molar-refractivity contribution in [1.29, 1.82) is 0 Å². The van der Waals surface area contributed by atoms with Gasteiger partial charge in [0.25, 0.3) is 5.69 Å². The third-order valence-corrected chi connectivity index (χ3v) is 4.00. The zero-order valence-corrected chi connectivity index (χ0v) is 12.2. The Morgan fingerprint density at radius 1 is 1.21 bits per heavy atom. The number of benzene rings is 2. The van der Waals surface area contributed by atoms with Gasteiger partial charge < -0.3 is 10.4 Å². The first-order valence-corrected chi connectivity index (χ1v) is 7.15. The van der Waals surface area contributed by atoms with Crippen LogP contribution in [0.2, 0.25) is 0 Å². The van der Waals surface area contributed by atoms with Gasteiger partial charge in [0.1, 0.15) is 0 Å². The van der Waals surface area contributed by atoms with Crippen LogP contribution in [-0.4, -0.2) is 16.1 Å². The number of nitrogens with one attached hydrogen (secondary N) is 1. The Labute approximate surface area is 134 Å². The van der Waals surface area contributed by atoms with Crippen molar-refractivity contribution in [2.24, 2.45) is 0 Å². The highest BCUT2D eigenvalue weighted by Crippen LogP contribution is 2.37. The van der Waals surface area contributed by atoms with Gasteiger partial charge in [-0.15, -0.1) is 0 Å². The fourth-order valence-electron chi connectivity index (χ4n) is 2.88. The second-order valence-electron chi connectivity index (χ2n) is 5.61. The lowest BCUT2D eigenvalue weighted by Gasteiger charge is -2.20. The molecular weight excluding hydrogens is 325 g/mol. The van der Waals surface area contributed by atoms with Crippen LogP contribution in [0.25, 0.3) is 0 Å². The molecule has 1 aliphatic carbocycles. The van der Waals surface area contributed by atoms with E-state index in [1.807, 2.05) is 0 Å². The number of aliphatic hydroxyl groups excluding tert-OH is 1. The summed E-state index contributed by atoms with van der Waals surface area (Å²) in [5.74, 6) is 0. The van der Waals surface area contributed by atoms with Gasteiger partial charge in [0.15, 0.2) is 0 Å². The van der Waals surface area contributed by atoms with Gasteiger partial charge in [-0.05, 0) is 35.4 Å². The zero-order valence-electron chi connectivity index (χ0n) is 12.2. The number of halogens is 3. The highest BCUT2D eigenvalue weighted by molar-refractivity contribution is 5.53. The normalized spacial score (nSPS) is 19.8. The van der Waals surface area contributed by atoms with Gasteiger partial charge in [0, 0.05) is 24.2 Å². The molecule has 0 amide bonds. The van der Waals surface area contributed by atoms with Gasteiger partial charge in [0.05, 0.1) is 22.6 Å². The Hall–Kier alpha value is -2.61. The summed E-state index contributed by atoms with van der Waals surface area (Å²) in [6.45, 7) is 0. The molecule has 0 aliphatic heterocycles. The molecular formula is C16H13F3N2O3. The van der Waals surface area contributed by atoms with Crippen LogP contribution in [0.4, 0.5) is 24.5 Å². The highest BCUT2D eigenvalue weighted by Gasteiger charge is 2.34. The van der Waals surface area contributed by atoms with E-state index in [-0.39, 0.29) is 17.8 Å². The molecule has 2 atom stereocenters. The standard InChI is InChI=1S/C16H13F3N2O3/c17-16(18,19)10-2-1-3-11(8-10)20-15-13-5-4-12(21(23)24)6-9(13)7-14(15)22/h1-6,8,14-15,20,22H,7H2/t14-,15-/m1/s1. The van der Waals surface area contributed by atoms with Gasteiger partial charge in [-0.1, -0.05) is 6.07 Å². The van der Waals surface area contributed by atoms with Gasteiger partial charge in [0.2, 0.25) is 0 Å². The maximum Gasteiger partial charge on any atom is 0.416 e. The van der Waals surface area contributed by atoms with E-state index in [4.69, 9.17) is 0 Å². The summed E-state index contributed by atoms with van der Waals surface area (Å²) in [6.07, 6.45) is -5.13. The lowest BCUT2D eigenvalue weighted by molar-refractivity contribution is -0.384. The van der Waals surface area contributed by atoms with E-state index in [2.05, 4.69) is 5.32 Å². The fraction of sp³-hybridized carbons (Fsp3) is 0.250. The number of non-ortho nitro benzene ring substituents is 1. The van der Waals surface area contributed by atoms with Crippen LogP contribution >= 0.6 is 0 Å². The molecule has 0 aromatic heterocycles. The van der Waals surface area contributed by atoms with Crippen LogP contribution in [0, 0.1) is 10.1 Å². The molecule has 2 aromatic rings. The molecule has 0 fully saturated rings. The van der Waals surface area contributed by atoms with E-state index < -0.39 is 28.8 Å². The number of anilines is 1. The number of nitro groups is 1. The van der Waals surface area contributed by atoms with Crippen molar-refractivity contribution >= 4 is 11.4 Å². The molecule has 0 saturated heterocycles. The molecule has 5 nitrogen and oxygen atoms in total. The number of hydrogen-bond acceptors (Lipinski definition) is 4. The molecule has 0 saturated carbocycles. The van der Waals surface area contributed by atoms with Crippen molar-refractivity contribution in [2.45, 2.75) is 24.7 Å². The minimum atomic E-state index is -4.45. The number of aliphatic hydroxyl groups is 1. The van der Waals surface area contributed by atoms with Crippen LogP contribution < -0.4 is 5.32 Å². The van der Waals surface area contributed by atoms with Crippen molar-refractivity contribution in [1.82, 2.24) is 0 Å². The number of rotatable bonds is 3. The van der Waals surface area contributed by atoms with E-state index >= 15 is 0 Å². The van der Waals surface area contributed by atoms with Gasteiger partial charge >= 0.3 is 6.18 Å². The topological polar surface area (TPSA) is 75.4 Å². The van der Waals surface area contributed by atoms with E-state index in [0.29, 0.717) is 11.1 Å². The van der Waals surface area contributed by atoms with E-state index in [9.17, 15) is 28.4 Å². The molecule has 0 radical (unpaired) electrons. The zero-order chi connectivity index (χ0) is 17.5. The molecule has 3 rings (SSSR count). The second kappa shape index (κ2) is 5.79. The average Bonchev–Trinajstić information content (AvgIpc) is 2.82. The fourth-order valence-corrected chi connectivity index (χ4v) is 2.88. The van der Waals surface area contributed by atoms with Crippen molar-refractivity contribution in [3.05, 3.63) is 69.3 Å². The number of hydrogen-bond donors (Lipinski definition) is 2. The summed E-state index contributed by atoms with van der Waals surface area (Å²) < 4.78 is 38.3. The number of nitrogens with zero attached hydrogens (tertiary/aromatic N) is 1. The Bertz CT molecular complexity index is 792. The second-order valence-corrected chi connectivity index (χ2v) is 5.61. The Morgan fingerprint density at radius 2 is 1.96 bits per heavy atom. The van der Waals surface area contributed by atoms with Crippen molar-refractivity contribution in [3.63, 3.8) is 0 Å². The summed E-state index contributed by atoms with van der Waals surface area (Å²) in [5, 5.41) is 23.9. The number of alkyl halides is 3. The van der Waals surface area contributed by atoms with Crippen LogP contribution in [-0.2, 0) is 12.6 Å². The van der Waals surface area contributed by atoms with Crippen LogP contribution in [0.15, 0.2) is 42.5 Å². The molecule has 0 unspecified atom stereocenters. The van der Waals surface area contributed by atoms with E-state index in [1.165, 1.54) is 30.3 Å². The lowest BCUT2D eigenvalue weighted by Crippen LogP contribution is -2.21. The van der Waals surface area contributed by atoms with Gasteiger partial charge in [-0.2, -0.15) is 13.2 Å². The molecule has 1 aliphatic rings. The lowest BCUT2D eigenvalue weighted by atomic mass is 10.1. The Morgan fingerprint density at radius 3 is 2.62 bits per heavy atom. The third-order valence-electron chi connectivity index (χ3n) is 4.00. The smallest absolute Gasteiger partial charge is 0.390 e. The molecule has 0 bridgehead atoms. The molecule has 2 aromatic carbocycles. The minimum Gasteiger partial charge on any atom is -0.390 e. The van der Waals surface area contributed by atoms with E-state index in [0.717, 1.165) is 12.1 Å². The molecule has 8 heteroatoms. The van der Waals surface area contributed by atoms with Crippen molar-refractivity contribution in [2.75, 3.05) is 5.32 Å². The third kappa shape index (κ3) is 3.05. The Kier molecular flexibility index (Phi) is 3.92. The van der Waals surface area contributed by atoms with Gasteiger partial charge in [-0.3, -0.25) is 10.1 Å². The largest absolute Gasteiger partial charge is 0.416 e. The summed E-state index contributed by atoms with van der Waals surface area (Å²) in [5.41, 5.74) is 0.608. The number of nitro benzene ring substituents is 1. The number of fused-ring (bicyclic) bond motifs is 1. The van der Waals surface area contributed by atoms with Crippen LogP contribution in [0.1, 0.15) is 22.7 Å². The maximum absolute atomic E-state index is 12.8. The summed E-state index contributed by atoms with van der Waals surface area (Å²) in [4.78, 5) is 10.3. The molecule has 24 heavy (non-hydrogen) atoms. The first-order chi connectivity index (χ1) is 11.3. The minimum absolute atomic E-state index is 0.0827. The van der Waals surface area contributed by atoms with Crippen molar-refractivity contribution in [3.8, 4) is 0 Å². The summed E-state index contributed by atoms with van der Waals surface area (Å²) in [6, 6.07) is 8.29. The monoisotopic (exact) mass is 338 g/mol. The predicted molar refractivity (Wildman–Crippen MR) is 80.6 cm³/mol. The van der Waals surface area contributed by atoms with Crippen LogP contribution in [0.5, 0.6) is 0 Å². The SMILES string of the molecule is O=[N+]([O-])c1ccc2c(c1)C[C@@H](O)[C@@H]2Nc1cccc(C(F)(F)F)c1. The van der Waals surface area contributed by atoms with Gasteiger partial charge in [-0.25, -0.2) is 0 Å². The molecule has 2 N–H and O–H groups in total. The highest BCUT2D eigenvalue weighted by atomic mass is 19.4. The van der Waals surface area contributed by atoms with E-state index in [1.54, 1.807) is 0 Å². The first-order valence-electron chi connectivity index (χ1n) is 7.15. The molecule has 126 valence electrons.